The van der Waals surface area contributed by atoms with Crippen molar-refractivity contribution < 1.29 is 0 Å². The predicted octanol–water partition coefficient (Wildman–Crippen LogP) is 2.70. The van der Waals surface area contributed by atoms with Gasteiger partial charge >= 0.3 is 0 Å². The Morgan fingerprint density at radius 1 is 1.08 bits per heavy atom. The van der Waals surface area contributed by atoms with E-state index in [-0.39, 0.29) is 5.56 Å². The number of aromatic nitrogens is 4. The molecule has 7 nitrogen and oxygen atoms in total. The van der Waals surface area contributed by atoms with Gasteiger partial charge in [-0.1, -0.05) is 43.7 Å². The van der Waals surface area contributed by atoms with Crippen LogP contribution < -0.4 is 16.6 Å². The normalized spacial score (nSPS) is 10.7. The van der Waals surface area contributed by atoms with Crippen molar-refractivity contribution >= 4 is 11.6 Å². The summed E-state index contributed by atoms with van der Waals surface area (Å²) in [6.07, 6.45) is 2.08. The summed E-state index contributed by atoms with van der Waals surface area (Å²) in [7, 11) is 1.61. The molecule has 0 aliphatic rings. The number of rotatable bonds is 6. The maximum atomic E-state index is 11.7. The molecule has 3 aromatic rings. The summed E-state index contributed by atoms with van der Waals surface area (Å²) in [5, 5.41) is 7.56. The van der Waals surface area contributed by atoms with Crippen molar-refractivity contribution in [3.63, 3.8) is 0 Å². The number of nitrogen functional groups attached to an aromatic ring is 1. The summed E-state index contributed by atoms with van der Waals surface area (Å²) in [6.45, 7) is 2.88. The van der Waals surface area contributed by atoms with Crippen LogP contribution in [0.3, 0.4) is 0 Å². The molecule has 0 unspecified atom stereocenters. The van der Waals surface area contributed by atoms with Gasteiger partial charge in [0.2, 0.25) is 0 Å². The third kappa shape index (κ3) is 3.72. The molecule has 0 saturated carbocycles. The third-order valence-corrected chi connectivity index (χ3v) is 4.00. The first-order chi connectivity index (χ1) is 12.6. The van der Waals surface area contributed by atoms with Crippen molar-refractivity contribution in [2.75, 3.05) is 17.6 Å². The van der Waals surface area contributed by atoms with Gasteiger partial charge in [0, 0.05) is 25.2 Å². The summed E-state index contributed by atoms with van der Waals surface area (Å²) in [5.74, 6) is 0.873. The van der Waals surface area contributed by atoms with E-state index in [0.717, 1.165) is 24.9 Å². The smallest absolute Gasteiger partial charge is 0.266 e. The SMILES string of the molecule is CCCCNc1nc(-c2ccc(=O)n(C)n2)c(-c2ccccc2)nc1N. The van der Waals surface area contributed by atoms with E-state index in [4.69, 9.17) is 5.73 Å². The lowest BCUT2D eigenvalue weighted by Gasteiger charge is -2.14. The number of aryl methyl sites for hydroxylation is 1. The number of nitrogens with zero attached hydrogens (tertiary/aromatic N) is 4. The monoisotopic (exact) mass is 350 g/mol. The molecule has 3 rings (SSSR count). The Bertz CT molecular complexity index is 952. The van der Waals surface area contributed by atoms with Gasteiger partial charge in [-0.3, -0.25) is 4.79 Å². The average Bonchev–Trinajstić information content (AvgIpc) is 2.66. The lowest BCUT2D eigenvalue weighted by Crippen LogP contribution is -2.19. The molecule has 0 atom stereocenters. The second-order valence-corrected chi connectivity index (χ2v) is 5.98. The van der Waals surface area contributed by atoms with Crippen LogP contribution >= 0.6 is 0 Å². The van der Waals surface area contributed by atoms with Gasteiger partial charge in [0.05, 0.1) is 0 Å². The Labute approximate surface area is 151 Å². The molecule has 26 heavy (non-hydrogen) atoms. The largest absolute Gasteiger partial charge is 0.381 e. The van der Waals surface area contributed by atoms with Crippen molar-refractivity contribution in [3.8, 4) is 22.6 Å². The molecular weight excluding hydrogens is 328 g/mol. The summed E-state index contributed by atoms with van der Waals surface area (Å²) in [5.41, 5.74) is 8.62. The molecule has 3 N–H and O–H groups in total. The van der Waals surface area contributed by atoms with Crippen molar-refractivity contribution in [1.29, 1.82) is 0 Å². The Balaban J connectivity index is 2.15. The van der Waals surface area contributed by atoms with E-state index in [9.17, 15) is 4.79 Å². The van der Waals surface area contributed by atoms with Crippen LogP contribution in [-0.2, 0) is 7.05 Å². The Hall–Kier alpha value is -3.22. The van der Waals surface area contributed by atoms with E-state index < -0.39 is 0 Å². The van der Waals surface area contributed by atoms with Gasteiger partial charge in [0.25, 0.3) is 5.56 Å². The molecule has 0 aliphatic carbocycles. The summed E-state index contributed by atoms with van der Waals surface area (Å²) >= 11 is 0. The van der Waals surface area contributed by atoms with E-state index in [0.29, 0.717) is 28.7 Å². The van der Waals surface area contributed by atoms with Crippen LogP contribution in [0, 0.1) is 0 Å². The van der Waals surface area contributed by atoms with Crippen LogP contribution in [0.4, 0.5) is 11.6 Å². The fourth-order valence-electron chi connectivity index (χ4n) is 2.57. The van der Waals surface area contributed by atoms with Crippen LogP contribution in [0.2, 0.25) is 0 Å². The molecule has 0 bridgehead atoms. The van der Waals surface area contributed by atoms with E-state index in [1.54, 1.807) is 13.1 Å². The summed E-state index contributed by atoms with van der Waals surface area (Å²) in [4.78, 5) is 20.9. The lowest BCUT2D eigenvalue weighted by molar-refractivity contribution is 0.711. The number of hydrogen-bond acceptors (Lipinski definition) is 6. The van der Waals surface area contributed by atoms with Crippen molar-refractivity contribution in [3.05, 3.63) is 52.8 Å². The van der Waals surface area contributed by atoms with E-state index in [1.165, 1.54) is 10.7 Å². The zero-order chi connectivity index (χ0) is 18.5. The second kappa shape index (κ2) is 7.77. The average molecular weight is 350 g/mol. The standard InChI is InChI=1S/C19H22N6O/c1-3-4-12-21-19-18(20)22-16(13-8-6-5-7-9-13)17(23-19)14-10-11-15(26)25(2)24-14/h5-11H,3-4,12H2,1-2H3,(H2,20,22)(H,21,23). The lowest BCUT2D eigenvalue weighted by atomic mass is 10.1. The van der Waals surface area contributed by atoms with Crippen LogP contribution in [-0.4, -0.2) is 26.3 Å². The minimum Gasteiger partial charge on any atom is -0.381 e. The highest BCUT2D eigenvalue weighted by Crippen LogP contribution is 2.30. The highest BCUT2D eigenvalue weighted by molar-refractivity contribution is 5.79. The van der Waals surface area contributed by atoms with Crippen LogP contribution in [0.25, 0.3) is 22.6 Å². The van der Waals surface area contributed by atoms with Gasteiger partial charge in [0.1, 0.15) is 17.1 Å². The van der Waals surface area contributed by atoms with Crippen LogP contribution in [0.1, 0.15) is 19.8 Å². The fourth-order valence-corrected chi connectivity index (χ4v) is 2.57. The first kappa shape index (κ1) is 17.6. The predicted molar refractivity (Wildman–Crippen MR) is 104 cm³/mol. The van der Waals surface area contributed by atoms with Gasteiger partial charge in [0.15, 0.2) is 11.6 Å². The number of benzene rings is 1. The van der Waals surface area contributed by atoms with E-state index in [1.807, 2.05) is 30.3 Å². The summed E-state index contributed by atoms with van der Waals surface area (Å²) in [6, 6.07) is 12.8. The molecule has 0 fully saturated rings. The van der Waals surface area contributed by atoms with Crippen molar-refractivity contribution in [1.82, 2.24) is 19.7 Å². The zero-order valence-electron chi connectivity index (χ0n) is 14.9. The topological polar surface area (TPSA) is 98.7 Å². The van der Waals surface area contributed by atoms with Gasteiger partial charge in [-0.15, -0.1) is 0 Å². The number of hydrogen-bond donors (Lipinski definition) is 2. The van der Waals surface area contributed by atoms with Gasteiger partial charge in [-0.2, -0.15) is 5.10 Å². The first-order valence-electron chi connectivity index (χ1n) is 8.61. The molecule has 1 aromatic carbocycles. The summed E-state index contributed by atoms with van der Waals surface area (Å²) < 4.78 is 1.28. The van der Waals surface area contributed by atoms with Crippen molar-refractivity contribution in [2.45, 2.75) is 19.8 Å². The maximum absolute atomic E-state index is 11.7. The Kier molecular flexibility index (Phi) is 5.26. The van der Waals surface area contributed by atoms with Crippen LogP contribution in [0.15, 0.2) is 47.3 Å². The minimum absolute atomic E-state index is 0.181. The molecule has 2 heterocycles. The fraction of sp³-hybridized carbons (Fsp3) is 0.263. The maximum Gasteiger partial charge on any atom is 0.266 e. The highest BCUT2D eigenvalue weighted by Gasteiger charge is 2.17. The number of nitrogens with one attached hydrogen (secondary N) is 1. The second-order valence-electron chi connectivity index (χ2n) is 5.98. The highest BCUT2D eigenvalue weighted by atomic mass is 16.1. The minimum atomic E-state index is -0.181. The third-order valence-electron chi connectivity index (χ3n) is 4.00. The number of unbranched alkanes of at least 4 members (excludes halogenated alkanes) is 1. The van der Waals surface area contributed by atoms with E-state index >= 15 is 0 Å². The first-order valence-corrected chi connectivity index (χ1v) is 8.61. The molecular formula is C19H22N6O. The molecule has 0 saturated heterocycles. The molecule has 0 aliphatic heterocycles. The van der Waals surface area contributed by atoms with Crippen LogP contribution in [0.5, 0.6) is 0 Å². The molecule has 0 amide bonds. The number of anilines is 2. The molecule has 2 aromatic heterocycles. The van der Waals surface area contributed by atoms with E-state index in [2.05, 4.69) is 27.3 Å². The molecule has 0 spiro atoms. The van der Waals surface area contributed by atoms with Gasteiger partial charge < -0.3 is 11.1 Å². The molecule has 7 heteroatoms. The van der Waals surface area contributed by atoms with Gasteiger partial charge in [-0.05, 0) is 12.5 Å². The Morgan fingerprint density at radius 3 is 2.54 bits per heavy atom. The van der Waals surface area contributed by atoms with Gasteiger partial charge in [-0.25, -0.2) is 14.6 Å². The zero-order valence-corrected chi connectivity index (χ0v) is 14.9. The number of nitrogens with two attached hydrogens (primary N) is 1. The van der Waals surface area contributed by atoms with Crippen molar-refractivity contribution in [2.24, 2.45) is 7.05 Å². The molecule has 0 radical (unpaired) electrons. The Morgan fingerprint density at radius 2 is 1.85 bits per heavy atom. The molecule has 134 valence electrons. The quantitative estimate of drug-likeness (QED) is 0.663.